The minimum atomic E-state index is -1.04. The maximum absolute atomic E-state index is 10.5. The number of carboxylic acids is 1. The molecule has 0 saturated carbocycles. The Labute approximate surface area is 97.4 Å². The van der Waals surface area contributed by atoms with E-state index in [2.05, 4.69) is 0 Å². The van der Waals surface area contributed by atoms with Gasteiger partial charge in [-0.1, -0.05) is 17.7 Å². The van der Waals surface area contributed by atoms with Gasteiger partial charge in [-0.2, -0.15) is 0 Å². The smallest absolute Gasteiger partial charge is 0.305 e. The van der Waals surface area contributed by atoms with Crippen molar-refractivity contribution in [2.24, 2.45) is 5.73 Å². The highest BCUT2D eigenvalue weighted by molar-refractivity contribution is 6.32. The first-order valence-corrected chi connectivity index (χ1v) is 4.88. The third-order valence-electron chi connectivity index (χ3n) is 2.11. The number of nitrogens with two attached hydrogens (primary N) is 1. The molecule has 5 nitrogen and oxygen atoms in total. The van der Waals surface area contributed by atoms with Crippen molar-refractivity contribution >= 4 is 17.6 Å². The SMILES string of the molecule is COc1c(Cl)ccc(C(N)CC(=O)O)c1O. The first-order valence-electron chi connectivity index (χ1n) is 4.50. The molecule has 6 heteroatoms. The minimum absolute atomic E-state index is 0.0972. The van der Waals surface area contributed by atoms with Gasteiger partial charge in [0.25, 0.3) is 0 Å². The second-order valence-electron chi connectivity index (χ2n) is 3.22. The topological polar surface area (TPSA) is 92.8 Å². The van der Waals surface area contributed by atoms with Crippen LogP contribution in [-0.2, 0) is 4.79 Å². The fraction of sp³-hybridized carbons (Fsp3) is 0.300. The largest absolute Gasteiger partial charge is 0.504 e. The number of halogens is 1. The fourth-order valence-electron chi connectivity index (χ4n) is 1.35. The van der Waals surface area contributed by atoms with E-state index in [1.165, 1.54) is 19.2 Å². The van der Waals surface area contributed by atoms with E-state index < -0.39 is 12.0 Å². The molecule has 1 aromatic rings. The number of hydrogen-bond donors (Lipinski definition) is 3. The number of phenolic OH excluding ortho intramolecular Hbond substituents is 1. The molecule has 0 amide bonds. The van der Waals surface area contributed by atoms with Crippen LogP contribution in [0.25, 0.3) is 0 Å². The second-order valence-corrected chi connectivity index (χ2v) is 3.63. The summed E-state index contributed by atoms with van der Waals surface area (Å²) in [7, 11) is 1.35. The molecule has 1 unspecified atom stereocenters. The fourth-order valence-corrected chi connectivity index (χ4v) is 1.58. The molecule has 0 bridgehead atoms. The van der Waals surface area contributed by atoms with Gasteiger partial charge in [-0.05, 0) is 6.07 Å². The molecule has 16 heavy (non-hydrogen) atoms. The summed E-state index contributed by atoms with van der Waals surface area (Å²) < 4.78 is 4.89. The van der Waals surface area contributed by atoms with Gasteiger partial charge in [0.2, 0.25) is 0 Å². The number of methoxy groups -OCH3 is 1. The van der Waals surface area contributed by atoms with Gasteiger partial charge < -0.3 is 20.7 Å². The first-order chi connectivity index (χ1) is 7.47. The molecule has 0 aliphatic carbocycles. The van der Waals surface area contributed by atoms with E-state index in [4.69, 9.17) is 27.2 Å². The summed E-state index contributed by atoms with van der Waals surface area (Å²) in [6.45, 7) is 0. The van der Waals surface area contributed by atoms with Gasteiger partial charge in [0, 0.05) is 11.6 Å². The van der Waals surface area contributed by atoms with E-state index in [0.717, 1.165) is 0 Å². The molecular formula is C10H12ClNO4. The summed E-state index contributed by atoms with van der Waals surface area (Å²) in [5.41, 5.74) is 5.93. The van der Waals surface area contributed by atoms with E-state index in [1.54, 1.807) is 0 Å². The lowest BCUT2D eigenvalue weighted by Gasteiger charge is -2.14. The summed E-state index contributed by atoms with van der Waals surface area (Å²) in [6.07, 6.45) is -0.279. The average Bonchev–Trinajstić information content (AvgIpc) is 2.17. The Bertz CT molecular complexity index is 408. The number of hydrogen-bond acceptors (Lipinski definition) is 4. The van der Waals surface area contributed by atoms with Crippen LogP contribution in [0.5, 0.6) is 11.5 Å². The van der Waals surface area contributed by atoms with Crippen LogP contribution in [0.1, 0.15) is 18.0 Å². The van der Waals surface area contributed by atoms with Crippen molar-refractivity contribution < 1.29 is 19.7 Å². The van der Waals surface area contributed by atoms with Crippen molar-refractivity contribution in [3.05, 3.63) is 22.7 Å². The van der Waals surface area contributed by atoms with Crippen molar-refractivity contribution in [3.63, 3.8) is 0 Å². The Morgan fingerprint density at radius 1 is 1.62 bits per heavy atom. The third-order valence-corrected chi connectivity index (χ3v) is 2.41. The molecule has 1 atom stereocenters. The maximum atomic E-state index is 10.5. The van der Waals surface area contributed by atoms with Gasteiger partial charge in [0.05, 0.1) is 18.6 Å². The van der Waals surface area contributed by atoms with Gasteiger partial charge in [0.15, 0.2) is 11.5 Å². The lowest BCUT2D eigenvalue weighted by molar-refractivity contribution is -0.137. The number of ether oxygens (including phenoxy) is 1. The lowest BCUT2D eigenvalue weighted by Crippen LogP contribution is -2.15. The highest BCUT2D eigenvalue weighted by Crippen LogP contribution is 2.39. The number of carbonyl (C=O) groups is 1. The molecule has 0 radical (unpaired) electrons. The summed E-state index contributed by atoms with van der Waals surface area (Å²) >= 11 is 5.77. The lowest BCUT2D eigenvalue weighted by atomic mass is 10.0. The molecule has 1 rings (SSSR count). The summed E-state index contributed by atoms with van der Waals surface area (Å²) in [6, 6.07) is 2.17. The van der Waals surface area contributed by atoms with Gasteiger partial charge in [-0.25, -0.2) is 0 Å². The van der Waals surface area contributed by atoms with E-state index in [-0.39, 0.29) is 22.9 Å². The Kier molecular flexibility index (Phi) is 3.98. The van der Waals surface area contributed by atoms with E-state index in [9.17, 15) is 9.90 Å². The second kappa shape index (κ2) is 5.05. The summed E-state index contributed by atoms with van der Waals surface area (Å²) in [4.78, 5) is 10.5. The zero-order valence-corrected chi connectivity index (χ0v) is 9.36. The molecule has 0 heterocycles. The normalized spacial score (nSPS) is 12.2. The minimum Gasteiger partial charge on any atom is -0.504 e. The predicted octanol–water partition coefficient (Wildman–Crippen LogP) is 1.53. The zero-order chi connectivity index (χ0) is 12.3. The number of benzene rings is 1. The van der Waals surface area contributed by atoms with Crippen LogP contribution >= 0.6 is 11.6 Å². The van der Waals surface area contributed by atoms with Crippen molar-refractivity contribution in [3.8, 4) is 11.5 Å². The van der Waals surface area contributed by atoms with Crippen molar-refractivity contribution in [1.29, 1.82) is 0 Å². The van der Waals surface area contributed by atoms with Crippen LogP contribution < -0.4 is 10.5 Å². The number of carboxylic acid groups (broad SMARTS) is 1. The zero-order valence-electron chi connectivity index (χ0n) is 8.61. The Hall–Kier alpha value is -1.46. The average molecular weight is 246 g/mol. The first kappa shape index (κ1) is 12.6. The Morgan fingerprint density at radius 2 is 2.25 bits per heavy atom. The quantitative estimate of drug-likeness (QED) is 0.748. The third kappa shape index (κ3) is 2.56. The molecule has 1 aromatic carbocycles. The Balaban J connectivity index is 3.10. The number of phenols is 1. The van der Waals surface area contributed by atoms with E-state index in [0.29, 0.717) is 5.56 Å². The van der Waals surface area contributed by atoms with Crippen LogP contribution in [-0.4, -0.2) is 23.3 Å². The predicted molar refractivity (Wildman–Crippen MR) is 58.9 cm³/mol. The van der Waals surface area contributed by atoms with Crippen molar-refractivity contribution in [1.82, 2.24) is 0 Å². The molecule has 4 N–H and O–H groups in total. The van der Waals surface area contributed by atoms with Crippen LogP contribution in [0.4, 0.5) is 0 Å². The number of rotatable bonds is 4. The van der Waals surface area contributed by atoms with Crippen LogP contribution in [0.2, 0.25) is 5.02 Å². The van der Waals surface area contributed by atoms with Gasteiger partial charge in [-0.15, -0.1) is 0 Å². The molecular weight excluding hydrogens is 234 g/mol. The molecule has 0 aromatic heterocycles. The molecule has 0 aliphatic heterocycles. The standard InChI is InChI=1S/C10H12ClNO4/c1-16-10-6(11)3-2-5(9(10)15)7(12)4-8(13)14/h2-3,7,15H,4,12H2,1H3,(H,13,14). The molecule has 88 valence electrons. The maximum Gasteiger partial charge on any atom is 0.305 e. The monoisotopic (exact) mass is 245 g/mol. The molecule has 0 aliphatic rings. The molecule has 0 spiro atoms. The highest BCUT2D eigenvalue weighted by Gasteiger charge is 2.19. The number of aromatic hydroxyl groups is 1. The van der Waals surface area contributed by atoms with Crippen LogP contribution in [0.3, 0.4) is 0 Å². The highest BCUT2D eigenvalue weighted by atomic mass is 35.5. The van der Waals surface area contributed by atoms with Crippen LogP contribution in [0, 0.1) is 0 Å². The summed E-state index contributed by atoms with van der Waals surface area (Å²) in [5.74, 6) is -1.16. The number of aliphatic carboxylic acids is 1. The van der Waals surface area contributed by atoms with E-state index in [1.807, 2.05) is 0 Å². The van der Waals surface area contributed by atoms with Gasteiger partial charge >= 0.3 is 5.97 Å². The van der Waals surface area contributed by atoms with Crippen molar-refractivity contribution in [2.75, 3.05) is 7.11 Å². The molecule has 0 saturated heterocycles. The van der Waals surface area contributed by atoms with Gasteiger partial charge in [0.1, 0.15) is 0 Å². The van der Waals surface area contributed by atoms with E-state index >= 15 is 0 Å². The van der Waals surface area contributed by atoms with Gasteiger partial charge in [-0.3, -0.25) is 4.79 Å². The van der Waals surface area contributed by atoms with Crippen LogP contribution in [0.15, 0.2) is 12.1 Å². The summed E-state index contributed by atoms with van der Waals surface area (Å²) in [5, 5.41) is 18.6. The Morgan fingerprint density at radius 3 is 2.75 bits per heavy atom. The van der Waals surface area contributed by atoms with Crippen molar-refractivity contribution in [2.45, 2.75) is 12.5 Å². The molecule has 0 fully saturated rings.